The van der Waals surface area contributed by atoms with Crippen molar-refractivity contribution in [2.45, 2.75) is 51.1 Å². The molecular formula is C23H21ClF5N7O2. The lowest BCUT2D eigenvalue weighted by Crippen LogP contribution is -2.37. The predicted molar refractivity (Wildman–Crippen MR) is 126 cm³/mol. The van der Waals surface area contributed by atoms with Crippen LogP contribution in [0.2, 0.25) is 5.02 Å². The van der Waals surface area contributed by atoms with E-state index in [1.165, 1.54) is 47.7 Å². The van der Waals surface area contributed by atoms with Gasteiger partial charge in [0.1, 0.15) is 12.9 Å². The maximum absolute atomic E-state index is 13.4. The van der Waals surface area contributed by atoms with E-state index in [1.54, 1.807) is 6.07 Å². The Bertz CT molecular complexity index is 1460. The van der Waals surface area contributed by atoms with E-state index in [1.807, 2.05) is 0 Å². The summed E-state index contributed by atoms with van der Waals surface area (Å²) in [6.45, 7) is -0.572. The summed E-state index contributed by atoms with van der Waals surface area (Å²) in [6.07, 6.45) is -3.91. The molecule has 0 radical (unpaired) electrons. The molecule has 38 heavy (non-hydrogen) atoms. The molecule has 0 unspecified atom stereocenters. The minimum absolute atomic E-state index is 0.0480. The molecule has 1 atom stereocenters. The average molecular weight is 558 g/mol. The Labute approximate surface area is 217 Å². The summed E-state index contributed by atoms with van der Waals surface area (Å²) in [5, 5.41) is 18.4. The highest BCUT2D eigenvalue weighted by Crippen LogP contribution is 2.25. The first kappa shape index (κ1) is 27.4. The fraction of sp³-hybridized carbons (Fsp3) is 0.348. The number of aliphatic hydroxyl groups is 1. The van der Waals surface area contributed by atoms with Gasteiger partial charge in [0.2, 0.25) is 5.92 Å². The molecule has 15 heteroatoms. The van der Waals surface area contributed by atoms with E-state index in [2.05, 4.69) is 20.2 Å². The first-order valence-corrected chi connectivity index (χ1v) is 11.6. The smallest absolute Gasteiger partial charge is 0.382 e. The Hall–Kier alpha value is -3.65. The number of benzene rings is 1. The zero-order valence-corrected chi connectivity index (χ0v) is 20.5. The monoisotopic (exact) mass is 557 g/mol. The molecule has 9 nitrogen and oxygen atoms in total. The van der Waals surface area contributed by atoms with E-state index in [0.29, 0.717) is 26.4 Å². The summed E-state index contributed by atoms with van der Waals surface area (Å²) in [5.74, 6) is -2.91. The molecule has 0 saturated carbocycles. The molecule has 3 heterocycles. The number of rotatable bonds is 9. The van der Waals surface area contributed by atoms with Crippen molar-refractivity contribution < 1.29 is 27.1 Å². The van der Waals surface area contributed by atoms with Gasteiger partial charge in [-0.15, -0.1) is 10.2 Å². The molecule has 0 aliphatic rings. The van der Waals surface area contributed by atoms with Crippen LogP contribution in [0.4, 0.5) is 22.0 Å². The van der Waals surface area contributed by atoms with Crippen LogP contribution in [0.3, 0.4) is 0 Å². The summed E-state index contributed by atoms with van der Waals surface area (Å²) in [4.78, 5) is 21.1. The second-order valence-corrected chi connectivity index (χ2v) is 9.06. The molecule has 1 N–H and O–H groups in total. The first-order valence-electron chi connectivity index (χ1n) is 11.2. The normalized spacial score (nSPS) is 13.2. The molecule has 0 spiro atoms. The quantitative estimate of drug-likeness (QED) is 0.313. The fourth-order valence-corrected chi connectivity index (χ4v) is 3.73. The number of nitrogens with zero attached hydrogens (tertiary/aromatic N) is 7. The van der Waals surface area contributed by atoms with Gasteiger partial charge in [-0.2, -0.15) is 13.2 Å². The lowest BCUT2D eigenvalue weighted by Gasteiger charge is -2.15. The largest absolute Gasteiger partial charge is 0.416 e. The van der Waals surface area contributed by atoms with Crippen LogP contribution in [-0.4, -0.2) is 57.4 Å². The van der Waals surface area contributed by atoms with Crippen LogP contribution in [-0.2, 0) is 19.5 Å². The van der Waals surface area contributed by atoms with Gasteiger partial charge in [-0.05, 0) is 49.2 Å². The highest BCUT2D eigenvalue weighted by molar-refractivity contribution is 6.30. The van der Waals surface area contributed by atoms with Gasteiger partial charge in [0.15, 0.2) is 17.8 Å². The van der Waals surface area contributed by atoms with Gasteiger partial charge in [0.05, 0.1) is 18.4 Å². The number of alkyl halides is 5. The minimum atomic E-state index is -4.96. The van der Waals surface area contributed by atoms with Crippen molar-refractivity contribution in [1.29, 1.82) is 0 Å². The average Bonchev–Trinajstić information content (AvgIpc) is 3.43. The molecule has 0 bridgehead atoms. The molecule has 0 amide bonds. The summed E-state index contributed by atoms with van der Waals surface area (Å²) in [6, 6.07) is 7.49. The summed E-state index contributed by atoms with van der Waals surface area (Å²) in [7, 11) is 0. The van der Waals surface area contributed by atoms with E-state index < -0.39 is 36.9 Å². The molecule has 4 aromatic rings. The number of halogens is 6. The van der Waals surface area contributed by atoms with Crippen LogP contribution in [0.25, 0.3) is 17.1 Å². The van der Waals surface area contributed by atoms with Gasteiger partial charge < -0.3 is 5.11 Å². The van der Waals surface area contributed by atoms with E-state index in [9.17, 15) is 31.9 Å². The van der Waals surface area contributed by atoms with Gasteiger partial charge >= 0.3 is 11.9 Å². The number of hydrogen-bond donors (Lipinski definition) is 1. The van der Waals surface area contributed by atoms with Crippen molar-refractivity contribution in [3.05, 3.63) is 75.9 Å². The number of pyridine rings is 1. The lowest BCUT2D eigenvalue weighted by atomic mass is 10.1. The maximum atomic E-state index is 13.4. The lowest BCUT2D eigenvalue weighted by molar-refractivity contribution is -0.207. The molecule has 1 aromatic carbocycles. The Morgan fingerprint density at radius 1 is 1.08 bits per heavy atom. The van der Waals surface area contributed by atoms with E-state index >= 15 is 0 Å². The number of aliphatic hydroxyl groups excluding tert-OH is 1. The van der Waals surface area contributed by atoms with Gasteiger partial charge in [-0.25, -0.2) is 27.9 Å². The van der Waals surface area contributed by atoms with E-state index in [0.717, 1.165) is 11.6 Å². The Balaban J connectivity index is 1.65. The van der Waals surface area contributed by atoms with Crippen molar-refractivity contribution in [3.63, 3.8) is 0 Å². The van der Waals surface area contributed by atoms with Gasteiger partial charge in [-0.3, -0.25) is 9.55 Å². The predicted octanol–water partition coefficient (Wildman–Crippen LogP) is 3.90. The van der Waals surface area contributed by atoms with E-state index in [-0.39, 0.29) is 24.6 Å². The number of aromatic nitrogens is 7. The minimum Gasteiger partial charge on any atom is -0.382 e. The first-order chi connectivity index (χ1) is 17.8. The molecule has 0 saturated heterocycles. The van der Waals surface area contributed by atoms with Crippen LogP contribution < -0.4 is 5.69 Å². The zero-order chi connectivity index (χ0) is 27.7. The Kier molecular flexibility index (Phi) is 7.65. The Morgan fingerprint density at radius 2 is 1.79 bits per heavy atom. The van der Waals surface area contributed by atoms with Crippen molar-refractivity contribution in [1.82, 2.24) is 34.1 Å². The summed E-state index contributed by atoms with van der Waals surface area (Å²) in [5.41, 5.74) is 0.321. The van der Waals surface area contributed by atoms with Crippen molar-refractivity contribution in [2.75, 3.05) is 0 Å². The van der Waals surface area contributed by atoms with Gasteiger partial charge in [0.25, 0.3) is 0 Å². The standard InChI is InChI=1S/C23H21ClF5N7O2/c1-22(25,26)8-6-14-7-9-30-10-17(14)36-13-31-19(32-36)12-35-21(38)34(11-18(37)23(27,28)29)20(33-35)15-2-4-16(24)5-3-15/h2-5,7,9-10,13,18,37H,6,8,11-12H2,1H3/t18-/m0/s1. The van der Waals surface area contributed by atoms with Crippen LogP contribution in [0.15, 0.2) is 53.8 Å². The molecule has 0 fully saturated rings. The highest BCUT2D eigenvalue weighted by atomic mass is 35.5. The topological polar surface area (TPSA) is 104 Å². The fourth-order valence-electron chi connectivity index (χ4n) is 3.60. The van der Waals surface area contributed by atoms with Crippen LogP contribution in [0.5, 0.6) is 0 Å². The van der Waals surface area contributed by atoms with Crippen LogP contribution in [0.1, 0.15) is 24.7 Å². The zero-order valence-electron chi connectivity index (χ0n) is 19.8. The van der Waals surface area contributed by atoms with Crippen molar-refractivity contribution in [3.8, 4) is 17.1 Å². The Morgan fingerprint density at radius 3 is 2.45 bits per heavy atom. The number of hydrogen-bond acceptors (Lipinski definition) is 6. The van der Waals surface area contributed by atoms with E-state index in [4.69, 9.17) is 11.6 Å². The second-order valence-electron chi connectivity index (χ2n) is 8.62. The van der Waals surface area contributed by atoms with Crippen molar-refractivity contribution in [2.24, 2.45) is 0 Å². The third-order valence-electron chi connectivity index (χ3n) is 5.56. The third kappa shape index (κ3) is 6.42. The van der Waals surface area contributed by atoms with Crippen LogP contribution in [0, 0.1) is 0 Å². The maximum Gasteiger partial charge on any atom is 0.416 e. The SMILES string of the molecule is CC(F)(F)CCc1ccncc1-n1cnc(Cn2nc(-c3ccc(Cl)cc3)n(C[C@H](O)C(F)(F)F)c2=O)n1. The van der Waals surface area contributed by atoms with Crippen molar-refractivity contribution >= 4 is 11.6 Å². The summed E-state index contributed by atoms with van der Waals surface area (Å²) < 4.78 is 68.8. The second kappa shape index (κ2) is 10.6. The molecular weight excluding hydrogens is 537 g/mol. The molecule has 0 aliphatic carbocycles. The van der Waals surface area contributed by atoms with Crippen LogP contribution >= 0.6 is 11.6 Å². The highest BCUT2D eigenvalue weighted by Gasteiger charge is 2.39. The third-order valence-corrected chi connectivity index (χ3v) is 5.81. The number of aryl methyl sites for hydroxylation is 1. The molecule has 0 aliphatic heterocycles. The van der Waals surface area contributed by atoms with Gasteiger partial charge in [-0.1, -0.05) is 11.6 Å². The van der Waals surface area contributed by atoms with Gasteiger partial charge in [0, 0.05) is 23.2 Å². The molecule has 3 aromatic heterocycles. The molecule has 4 rings (SSSR count). The molecule has 202 valence electrons. The summed E-state index contributed by atoms with van der Waals surface area (Å²) >= 11 is 5.89.